The average Bonchev–Trinajstić information content (AvgIpc) is 3.07. The summed E-state index contributed by atoms with van der Waals surface area (Å²) in [6.45, 7) is 0. The van der Waals surface area contributed by atoms with Gasteiger partial charge in [-0.3, -0.25) is 4.79 Å². The molecule has 0 saturated heterocycles. The van der Waals surface area contributed by atoms with Crippen molar-refractivity contribution in [3.05, 3.63) is 76.6 Å². The molecule has 0 radical (unpaired) electrons. The number of Topliss-reactive ketones (excluding diaryl/α,β-unsaturated/α-hetero) is 1. The van der Waals surface area contributed by atoms with Crippen LogP contribution in [0, 0.1) is 11.3 Å². The predicted octanol–water partition coefficient (Wildman–Crippen LogP) is 4.30. The highest BCUT2D eigenvalue weighted by Gasteiger charge is 2.24. The van der Waals surface area contributed by atoms with Crippen LogP contribution in [-0.2, 0) is 0 Å². The molecule has 1 aromatic heterocycles. The van der Waals surface area contributed by atoms with Gasteiger partial charge in [0.25, 0.3) is 0 Å². The molecule has 1 heterocycles. The molecule has 2 aromatic carbocycles. The van der Waals surface area contributed by atoms with Crippen LogP contribution < -0.4 is 0 Å². The second-order valence-electron chi connectivity index (χ2n) is 4.73. The highest BCUT2D eigenvalue weighted by molar-refractivity contribution is 7.10. The van der Waals surface area contributed by atoms with Crippen LogP contribution in [0.5, 0.6) is 0 Å². The number of carbonyl (C=O) groups is 1. The van der Waals surface area contributed by atoms with Gasteiger partial charge in [0.1, 0.15) is 5.01 Å². The zero-order valence-corrected chi connectivity index (χ0v) is 12.5. The number of thiazole rings is 1. The van der Waals surface area contributed by atoms with Crippen LogP contribution in [0.1, 0.15) is 21.3 Å². The van der Waals surface area contributed by atoms with E-state index in [1.807, 2.05) is 41.8 Å². The molecule has 0 saturated carbocycles. The van der Waals surface area contributed by atoms with Crippen LogP contribution in [0.15, 0.2) is 66.0 Å². The fraction of sp³-hybridized carbons (Fsp3) is 0.0556. The molecule has 0 bridgehead atoms. The number of rotatable bonds is 4. The molecule has 22 heavy (non-hydrogen) atoms. The topological polar surface area (TPSA) is 53.8 Å². The SMILES string of the molecule is N#CC(C(=O)c1ccccc1)c1nc(-c2ccccc2)cs1. The predicted molar refractivity (Wildman–Crippen MR) is 86.7 cm³/mol. The van der Waals surface area contributed by atoms with Gasteiger partial charge >= 0.3 is 0 Å². The van der Waals surface area contributed by atoms with Crippen LogP contribution in [0.25, 0.3) is 11.3 Å². The van der Waals surface area contributed by atoms with E-state index in [0.717, 1.165) is 11.3 Å². The van der Waals surface area contributed by atoms with Crippen molar-refractivity contribution >= 4 is 17.1 Å². The number of hydrogen-bond donors (Lipinski definition) is 0. The summed E-state index contributed by atoms with van der Waals surface area (Å²) in [6, 6.07) is 20.7. The zero-order valence-electron chi connectivity index (χ0n) is 11.6. The molecule has 4 heteroatoms. The smallest absolute Gasteiger partial charge is 0.186 e. The number of hydrogen-bond acceptors (Lipinski definition) is 4. The van der Waals surface area contributed by atoms with Crippen molar-refractivity contribution < 1.29 is 4.79 Å². The summed E-state index contributed by atoms with van der Waals surface area (Å²) in [5.41, 5.74) is 2.31. The average molecular weight is 304 g/mol. The summed E-state index contributed by atoms with van der Waals surface area (Å²) in [6.07, 6.45) is 0. The van der Waals surface area contributed by atoms with Crippen molar-refractivity contribution in [1.82, 2.24) is 4.98 Å². The minimum Gasteiger partial charge on any atom is -0.292 e. The fourth-order valence-corrected chi connectivity index (χ4v) is 3.02. The number of carbonyl (C=O) groups excluding carboxylic acids is 1. The molecular formula is C18H12N2OS. The Morgan fingerprint density at radius 3 is 2.32 bits per heavy atom. The molecule has 0 aliphatic carbocycles. The lowest BCUT2D eigenvalue weighted by molar-refractivity contribution is 0.0979. The van der Waals surface area contributed by atoms with E-state index in [2.05, 4.69) is 11.1 Å². The van der Waals surface area contributed by atoms with Crippen molar-refractivity contribution in [3.63, 3.8) is 0 Å². The molecule has 3 nitrogen and oxygen atoms in total. The Labute approximate surface area is 132 Å². The molecule has 3 rings (SSSR count). The maximum absolute atomic E-state index is 12.5. The standard InChI is InChI=1S/C18H12N2OS/c19-11-15(17(21)14-9-5-2-6-10-14)18-20-16(12-22-18)13-7-3-1-4-8-13/h1-10,12,15H. The Hall–Kier alpha value is -2.77. The number of nitrogens with zero attached hydrogens (tertiary/aromatic N) is 2. The minimum absolute atomic E-state index is 0.211. The van der Waals surface area contributed by atoms with E-state index in [4.69, 9.17) is 0 Å². The third-order valence-corrected chi connectivity index (χ3v) is 4.20. The van der Waals surface area contributed by atoms with Crippen molar-refractivity contribution in [3.8, 4) is 17.3 Å². The molecule has 0 N–H and O–H groups in total. The summed E-state index contributed by atoms with van der Waals surface area (Å²) >= 11 is 1.35. The number of benzene rings is 2. The maximum atomic E-state index is 12.5. The summed E-state index contributed by atoms with van der Waals surface area (Å²) in [5, 5.41) is 11.8. The third-order valence-electron chi connectivity index (χ3n) is 3.29. The van der Waals surface area contributed by atoms with Gasteiger partial charge in [-0.05, 0) is 0 Å². The molecule has 0 fully saturated rings. The van der Waals surface area contributed by atoms with Crippen LogP contribution in [0.4, 0.5) is 0 Å². The Bertz CT molecular complexity index is 819. The first-order valence-electron chi connectivity index (χ1n) is 6.79. The first-order valence-corrected chi connectivity index (χ1v) is 7.67. The largest absolute Gasteiger partial charge is 0.292 e. The van der Waals surface area contributed by atoms with Crippen LogP contribution in [0.3, 0.4) is 0 Å². The van der Waals surface area contributed by atoms with Crippen molar-refractivity contribution in [2.75, 3.05) is 0 Å². The van der Waals surface area contributed by atoms with Gasteiger partial charge in [0, 0.05) is 16.5 Å². The van der Waals surface area contributed by atoms with Crippen LogP contribution in [0.2, 0.25) is 0 Å². The lowest BCUT2D eigenvalue weighted by Crippen LogP contribution is -2.10. The first kappa shape index (κ1) is 14.2. The summed E-state index contributed by atoms with van der Waals surface area (Å²) in [5.74, 6) is -1.07. The Morgan fingerprint density at radius 1 is 1.05 bits per heavy atom. The van der Waals surface area contributed by atoms with E-state index >= 15 is 0 Å². The highest BCUT2D eigenvalue weighted by atomic mass is 32.1. The maximum Gasteiger partial charge on any atom is 0.186 e. The molecule has 106 valence electrons. The second kappa shape index (κ2) is 6.33. The number of nitriles is 1. The lowest BCUT2D eigenvalue weighted by Gasteiger charge is -2.04. The molecule has 0 spiro atoms. The van der Waals surface area contributed by atoms with E-state index in [0.29, 0.717) is 10.6 Å². The monoisotopic (exact) mass is 304 g/mol. The molecular weight excluding hydrogens is 292 g/mol. The van der Waals surface area contributed by atoms with Crippen LogP contribution in [-0.4, -0.2) is 10.8 Å². The van der Waals surface area contributed by atoms with Crippen molar-refractivity contribution in [2.24, 2.45) is 0 Å². The molecule has 0 aliphatic rings. The van der Waals surface area contributed by atoms with E-state index in [-0.39, 0.29) is 5.78 Å². The fourth-order valence-electron chi connectivity index (χ4n) is 2.16. The quantitative estimate of drug-likeness (QED) is 0.675. The molecule has 3 aromatic rings. The lowest BCUT2D eigenvalue weighted by atomic mass is 9.99. The van der Waals surface area contributed by atoms with Crippen LogP contribution >= 0.6 is 11.3 Å². The van der Waals surface area contributed by atoms with Crippen molar-refractivity contribution in [2.45, 2.75) is 5.92 Å². The van der Waals surface area contributed by atoms with Gasteiger partial charge in [0.05, 0.1) is 11.8 Å². The van der Waals surface area contributed by atoms with Gasteiger partial charge in [-0.1, -0.05) is 60.7 Å². The van der Waals surface area contributed by atoms with Gasteiger partial charge in [0.2, 0.25) is 0 Å². The summed E-state index contributed by atoms with van der Waals surface area (Å²) < 4.78 is 0. The Morgan fingerprint density at radius 2 is 1.68 bits per heavy atom. The Kier molecular flexibility index (Phi) is 4.08. The zero-order chi connectivity index (χ0) is 15.4. The third kappa shape index (κ3) is 2.80. The van der Waals surface area contributed by atoms with E-state index < -0.39 is 5.92 Å². The number of aromatic nitrogens is 1. The van der Waals surface area contributed by atoms with E-state index in [1.165, 1.54) is 11.3 Å². The van der Waals surface area contributed by atoms with E-state index in [1.54, 1.807) is 24.3 Å². The first-order chi connectivity index (χ1) is 10.8. The van der Waals surface area contributed by atoms with Crippen molar-refractivity contribution in [1.29, 1.82) is 5.26 Å². The van der Waals surface area contributed by atoms with Gasteiger partial charge in [0.15, 0.2) is 11.7 Å². The molecule has 0 aliphatic heterocycles. The van der Waals surface area contributed by atoms with Gasteiger partial charge in [-0.25, -0.2) is 4.98 Å². The van der Waals surface area contributed by atoms with Gasteiger partial charge < -0.3 is 0 Å². The van der Waals surface area contributed by atoms with Gasteiger partial charge in [-0.15, -0.1) is 11.3 Å². The highest BCUT2D eigenvalue weighted by Crippen LogP contribution is 2.28. The summed E-state index contributed by atoms with van der Waals surface area (Å²) in [7, 11) is 0. The minimum atomic E-state index is -0.857. The number of ketones is 1. The molecule has 0 amide bonds. The Balaban J connectivity index is 1.91. The molecule has 1 unspecified atom stereocenters. The van der Waals surface area contributed by atoms with E-state index in [9.17, 15) is 10.1 Å². The summed E-state index contributed by atoms with van der Waals surface area (Å²) in [4.78, 5) is 16.9. The molecule has 1 atom stereocenters. The normalized spacial score (nSPS) is 11.6. The van der Waals surface area contributed by atoms with Gasteiger partial charge in [-0.2, -0.15) is 5.26 Å². The second-order valence-corrected chi connectivity index (χ2v) is 5.62.